The van der Waals surface area contributed by atoms with Crippen LogP contribution in [-0.2, 0) is 4.79 Å². The Morgan fingerprint density at radius 1 is 1.18 bits per heavy atom. The van der Waals surface area contributed by atoms with Crippen LogP contribution in [0.25, 0.3) is 17.0 Å². The number of benzene rings is 1. The van der Waals surface area contributed by atoms with Crippen LogP contribution in [0.15, 0.2) is 36.4 Å². The molecule has 0 spiro atoms. The van der Waals surface area contributed by atoms with Crippen LogP contribution in [0, 0.1) is 5.92 Å². The lowest BCUT2D eigenvalue weighted by atomic mass is 10.0. The van der Waals surface area contributed by atoms with E-state index in [0.717, 1.165) is 5.56 Å². The number of carbonyl (C=O) groups excluding carboxylic acids is 1. The lowest BCUT2D eigenvalue weighted by Gasteiger charge is -2.10. The van der Waals surface area contributed by atoms with Crippen LogP contribution in [0.5, 0.6) is 5.88 Å². The third kappa shape index (κ3) is 4.25. The summed E-state index contributed by atoms with van der Waals surface area (Å²) in [5.41, 5.74) is 1.35. The van der Waals surface area contributed by atoms with Gasteiger partial charge in [-0.3, -0.25) is 4.79 Å². The summed E-state index contributed by atoms with van der Waals surface area (Å²) in [6.07, 6.45) is 5.44. The van der Waals surface area contributed by atoms with E-state index in [1.807, 2.05) is 18.2 Å². The summed E-state index contributed by atoms with van der Waals surface area (Å²) in [5, 5.41) is 16.3. The molecule has 1 amide bonds. The van der Waals surface area contributed by atoms with Crippen molar-refractivity contribution in [3.63, 3.8) is 0 Å². The predicted molar refractivity (Wildman–Crippen MR) is 106 cm³/mol. The topological polar surface area (TPSA) is 81.4 Å². The summed E-state index contributed by atoms with van der Waals surface area (Å²) < 4.78 is 7.30. The highest BCUT2D eigenvalue weighted by Crippen LogP contribution is 2.27. The first kappa shape index (κ1) is 18.7. The fourth-order valence-corrected chi connectivity index (χ4v) is 3.77. The molecule has 1 aromatic carbocycles. The van der Waals surface area contributed by atoms with E-state index in [1.165, 1.54) is 25.7 Å². The molecule has 146 valence electrons. The number of halogens is 1. The van der Waals surface area contributed by atoms with Gasteiger partial charge in [0.15, 0.2) is 11.5 Å². The van der Waals surface area contributed by atoms with Crippen molar-refractivity contribution in [3.05, 3.63) is 41.4 Å². The summed E-state index contributed by atoms with van der Waals surface area (Å²) in [5.74, 6) is 1.63. The number of rotatable bonds is 7. The summed E-state index contributed by atoms with van der Waals surface area (Å²) >= 11 is 6.27. The molecule has 2 aromatic heterocycles. The van der Waals surface area contributed by atoms with Gasteiger partial charge in [0, 0.05) is 18.1 Å². The average molecular weight is 400 g/mol. The SMILES string of the molecule is O=C(CC1CCCC1)NCCOc1ccc2nnc(-c3ccccc3Cl)n2n1. The highest BCUT2D eigenvalue weighted by Gasteiger charge is 2.18. The van der Waals surface area contributed by atoms with E-state index in [0.29, 0.717) is 47.9 Å². The summed E-state index contributed by atoms with van der Waals surface area (Å²) in [6.45, 7) is 0.795. The fraction of sp³-hybridized carbons (Fsp3) is 0.400. The summed E-state index contributed by atoms with van der Waals surface area (Å²) in [4.78, 5) is 12.0. The van der Waals surface area contributed by atoms with Crippen molar-refractivity contribution in [2.45, 2.75) is 32.1 Å². The minimum Gasteiger partial charge on any atom is -0.475 e. The van der Waals surface area contributed by atoms with Crippen molar-refractivity contribution in [2.24, 2.45) is 5.92 Å². The number of hydrogen-bond acceptors (Lipinski definition) is 5. The Kier molecular flexibility index (Phi) is 5.71. The molecule has 3 aromatic rings. The first-order chi connectivity index (χ1) is 13.7. The molecule has 0 unspecified atom stereocenters. The fourth-order valence-electron chi connectivity index (χ4n) is 3.55. The van der Waals surface area contributed by atoms with Gasteiger partial charge in [-0.05, 0) is 37.0 Å². The number of fused-ring (bicyclic) bond motifs is 1. The molecule has 8 heteroatoms. The molecule has 1 aliphatic rings. The maximum Gasteiger partial charge on any atom is 0.231 e. The van der Waals surface area contributed by atoms with Crippen molar-refractivity contribution >= 4 is 23.2 Å². The Hall–Kier alpha value is -2.67. The van der Waals surface area contributed by atoms with Gasteiger partial charge in [0.05, 0.1) is 11.6 Å². The first-order valence-electron chi connectivity index (χ1n) is 9.57. The van der Waals surface area contributed by atoms with Crippen molar-refractivity contribution in [3.8, 4) is 17.3 Å². The van der Waals surface area contributed by atoms with E-state index in [4.69, 9.17) is 16.3 Å². The molecule has 0 atom stereocenters. The molecular formula is C20H22ClN5O2. The molecule has 2 heterocycles. The second-order valence-corrected chi connectivity index (χ2v) is 7.41. The predicted octanol–water partition coefficient (Wildman–Crippen LogP) is 3.52. The van der Waals surface area contributed by atoms with Gasteiger partial charge in [0.25, 0.3) is 0 Å². The largest absolute Gasteiger partial charge is 0.475 e. The van der Waals surface area contributed by atoms with Gasteiger partial charge in [-0.2, -0.15) is 4.52 Å². The highest BCUT2D eigenvalue weighted by atomic mass is 35.5. The third-order valence-corrected chi connectivity index (χ3v) is 5.31. The van der Waals surface area contributed by atoms with Gasteiger partial charge in [0.1, 0.15) is 6.61 Å². The zero-order valence-electron chi connectivity index (χ0n) is 15.5. The van der Waals surface area contributed by atoms with E-state index < -0.39 is 0 Å². The maximum atomic E-state index is 12.0. The molecule has 1 fully saturated rings. The first-order valence-corrected chi connectivity index (χ1v) is 9.95. The molecule has 0 bridgehead atoms. The van der Waals surface area contributed by atoms with Crippen molar-refractivity contribution in [1.29, 1.82) is 0 Å². The Morgan fingerprint density at radius 3 is 2.82 bits per heavy atom. The molecule has 0 saturated heterocycles. The lowest BCUT2D eigenvalue weighted by molar-refractivity contribution is -0.122. The molecule has 1 N–H and O–H groups in total. The van der Waals surface area contributed by atoms with E-state index in [1.54, 1.807) is 22.7 Å². The Bertz CT molecular complexity index is 968. The maximum absolute atomic E-state index is 12.0. The molecule has 7 nitrogen and oxygen atoms in total. The Balaban J connectivity index is 1.36. The number of nitrogens with one attached hydrogen (secondary N) is 1. The van der Waals surface area contributed by atoms with Crippen LogP contribution in [0.3, 0.4) is 0 Å². The Morgan fingerprint density at radius 2 is 2.00 bits per heavy atom. The van der Waals surface area contributed by atoms with E-state index >= 15 is 0 Å². The number of aromatic nitrogens is 4. The van der Waals surface area contributed by atoms with Gasteiger partial charge in [-0.25, -0.2) is 0 Å². The molecule has 28 heavy (non-hydrogen) atoms. The number of amides is 1. The summed E-state index contributed by atoms with van der Waals surface area (Å²) in [7, 11) is 0. The number of carbonyl (C=O) groups is 1. The number of nitrogens with zero attached hydrogens (tertiary/aromatic N) is 4. The van der Waals surface area contributed by atoms with Gasteiger partial charge in [0.2, 0.25) is 11.8 Å². The Labute approximate surface area is 168 Å². The van der Waals surface area contributed by atoms with Gasteiger partial charge in [-0.15, -0.1) is 15.3 Å². The molecular weight excluding hydrogens is 378 g/mol. The van der Waals surface area contributed by atoms with Crippen molar-refractivity contribution in [2.75, 3.05) is 13.2 Å². The minimum absolute atomic E-state index is 0.0960. The van der Waals surface area contributed by atoms with Crippen molar-refractivity contribution in [1.82, 2.24) is 25.1 Å². The number of ether oxygens (including phenoxy) is 1. The van der Waals surface area contributed by atoms with Gasteiger partial charge in [-0.1, -0.05) is 36.6 Å². The second kappa shape index (κ2) is 8.56. The second-order valence-electron chi connectivity index (χ2n) is 7.00. The van der Waals surface area contributed by atoms with E-state index in [-0.39, 0.29) is 5.91 Å². The lowest BCUT2D eigenvalue weighted by Crippen LogP contribution is -2.29. The third-order valence-electron chi connectivity index (χ3n) is 4.98. The van der Waals surface area contributed by atoms with Crippen LogP contribution < -0.4 is 10.1 Å². The zero-order valence-corrected chi connectivity index (χ0v) is 16.2. The molecule has 1 aliphatic carbocycles. The van der Waals surface area contributed by atoms with Gasteiger partial charge < -0.3 is 10.1 Å². The zero-order chi connectivity index (χ0) is 19.3. The van der Waals surface area contributed by atoms with Crippen LogP contribution >= 0.6 is 11.6 Å². The number of hydrogen-bond donors (Lipinski definition) is 1. The standard InChI is InChI=1S/C20H22ClN5O2/c21-16-8-4-3-7-15(16)20-24-23-17-9-10-19(25-26(17)20)28-12-11-22-18(27)13-14-5-1-2-6-14/h3-4,7-10,14H,1-2,5-6,11-13H2,(H,22,27). The molecule has 4 rings (SSSR count). The molecule has 0 aliphatic heterocycles. The van der Waals surface area contributed by atoms with Crippen LogP contribution in [0.1, 0.15) is 32.1 Å². The average Bonchev–Trinajstić information content (AvgIpc) is 3.35. The summed E-state index contributed by atoms with van der Waals surface area (Å²) in [6, 6.07) is 10.9. The molecule has 0 radical (unpaired) electrons. The minimum atomic E-state index is 0.0960. The quantitative estimate of drug-likeness (QED) is 0.615. The molecule has 1 saturated carbocycles. The van der Waals surface area contributed by atoms with Crippen LogP contribution in [0.4, 0.5) is 0 Å². The monoisotopic (exact) mass is 399 g/mol. The highest BCUT2D eigenvalue weighted by molar-refractivity contribution is 6.33. The van der Waals surface area contributed by atoms with E-state index in [9.17, 15) is 4.79 Å². The normalized spacial score (nSPS) is 14.5. The van der Waals surface area contributed by atoms with Crippen molar-refractivity contribution < 1.29 is 9.53 Å². The smallest absolute Gasteiger partial charge is 0.231 e. The van der Waals surface area contributed by atoms with E-state index in [2.05, 4.69) is 20.6 Å². The van der Waals surface area contributed by atoms with Crippen LogP contribution in [0.2, 0.25) is 5.02 Å². The van der Waals surface area contributed by atoms with Gasteiger partial charge >= 0.3 is 0 Å². The van der Waals surface area contributed by atoms with Crippen LogP contribution in [-0.4, -0.2) is 38.9 Å².